The molecule has 2 aromatic rings. The quantitative estimate of drug-likeness (QED) is 0.796. The summed E-state index contributed by atoms with van der Waals surface area (Å²) in [5, 5.41) is 8.44. The van der Waals surface area contributed by atoms with Gasteiger partial charge in [-0.15, -0.1) is 0 Å². The van der Waals surface area contributed by atoms with E-state index >= 15 is 0 Å². The molecule has 0 N–H and O–H groups in total. The van der Waals surface area contributed by atoms with Crippen LogP contribution in [0, 0.1) is 25.2 Å². The molecule has 0 aliphatic heterocycles. The van der Waals surface area contributed by atoms with Crippen molar-refractivity contribution in [2.45, 2.75) is 13.8 Å². The molecule has 0 radical (unpaired) electrons. The molecule has 100 valence electrons. The Morgan fingerprint density at radius 1 is 1.05 bits per heavy atom. The molecule has 0 amide bonds. The summed E-state index contributed by atoms with van der Waals surface area (Å²) in [5.74, 6) is 0.572. The van der Waals surface area contributed by atoms with E-state index < -0.39 is 0 Å². The number of aryl methyl sites for hydroxylation is 2. The van der Waals surface area contributed by atoms with E-state index in [1.807, 2.05) is 38.1 Å². The Morgan fingerprint density at radius 2 is 1.70 bits per heavy atom. The van der Waals surface area contributed by atoms with Crippen molar-refractivity contribution in [3.63, 3.8) is 0 Å². The molecule has 2 rings (SSSR count). The maximum absolute atomic E-state index is 12.3. The topological polar surface area (TPSA) is 50.1 Å². The highest BCUT2D eigenvalue weighted by molar-refractivity contribution is 6.09. The molecule has 2 aromatic carbocycles. The molecule has 0 aromatic heterocycles. The molecule has 0 fully saturated rings. The lowest BCUT2D eigenvalue weighted by molar-refractivity contribution is 0.103. The first-order valence-electron chi connectivity index (χ1n) is 6.33. The summed E-state index contributed by atoms with van der Waals surface area (Å²) in [5.41, 5.74) is 3.56. The average Bonchev–Trinajstić information content (AvgIpc) is 2.48. The van der Waals surface area contributed by atoms with Gasteiger partial charge in [-0.2, -0.15) is 5.26 Å². The van der Waals surface area contributed by atoms with Crippen molar-refractivity contribution < 1.29 is 9.53 Å². The predicted molar refractivity (Wildman–Crippen MR) is 76.9 cm³/mol. The Morgan fingerprint density at radius 3 is 2.30 bits per heavy atom. The molecule has 0 atom stereocenters. The van der Waals surface area contributed by atoms with Crippen molar-refractivity contribution in [2.24, 2.45) is 0 Å². The van der Waals surface area contributed by atoms with Gasteiger partial charge < -0.3 is 4.74 Å². The fourth-order valence-corrected chi connectivity index (χ4v) is 1.87. The van der Waals surface area contributed by atoms with Crippen LogP contribution in [0.25, 0.3) is 0 Å². The second kappa shape index (κ2) is 6.03. The normalized spacial score (nSPS) is 9.85. The Hall–Kier alpha value is -2.60. The summed E-state index contributed by atoms with van der Waals surface area (Å²) in [6, 6.07) is 14.4. The van der Waals surface area contributed by atoms with Gasteiger partial charge in [-0.1, -0.05) is 12.1 Å². The summed E-state index contributed by atoms with van der Waals surface area (Å²) in [7, 11) is 0. The molecule has 0 bridgehead atoms. The van der Waals surface area contributed by atoms with Gasteiger partial charge in [0.1, 0.15) is 11.8 Å². The number of carbonyl (C=O) groups is 1. The zero-order valence-corrected chi connectivity index (χ0v) is 11.5. The van der Waals surface area contributed by atoms with Crippen LogP contribution in [0.4, 0.5) is 0 Å². The van der Waals surface area contributed by atoms with Gasteiger partial charge in [0, 0.05) is 11.1 Å². The summed E-state index contributed by atoms with van der Waals surface area (Å²) < 4.78 is 5.16. The monoisotopic (exact) mass is 265 g/mol. The van der Waals surface area contributed by atoms with E-state index in [1.165, 1.54) is 5.56 Å². The number of benzene rings is 2. The van der Waals surface area contributed by atoms with Crippen LogP contribution in [-0.2, 0) is 0 Å². The molecular formula is C17H15NO2. The van der Waals surface area contributed by atoms with Crippen molar-refractivity contribution >= 4 is 5.78 Å². The number of nitriles is 1. The van der Waals surface area contributed by atoms with Crippen LogP contribution in [-0.4, -0.2) is 12.4 Å². The number of nitrogens with zero attached hydrogens (tertiary/aromatic N) is 1. The minimum absolute atomic E-state index is 0.00441. The van der Waals surface area contributed by atoms with E-state index in [9.17, 15) is 4.79 Å². The Balaban J connectivity index is 2.20. The molecule has 0 heterocycles. The number of rotatable bonds is 4. The van der Waals surface area contributed by atoms with Crippen molar-refractivity contribution in [2.75, 3.05) is 6.61 Å². The molecule has 20 heavy (non-hydrogen) atoms. The van der Waals surface area contributed by atoms with Gasteiger partial charge in [0.2, 0.25) is 0 Å². The van der Waals surface area contributed by atoms with E-state index in [1.54, 1.807) is 24.3 Å². The third kappa shape index (κ3) is 3.04. The van der Waals surface area contributed by atoms with Gasteiger partial charge >= 0.3 is 0 Å². The molecular weight excluding hydrogens is 250 g/mol. The predicted octanol–water partition coefficient (Wildman–Crippen LogP) is 3.44. The first kappa shape index (κ1) is 13.8. The van der Waals surface area contributed by atoms with Crippen LogP contribution >= 0.6 is 0 Å². The average molecular weight is 265 g/mol. The molecule has 3 nitrogen and oxygen atoms in total. The molecule has 0 spiro atoms. The van der Waals surface area contributed by atoms with Crippen LogP contribution in [0.2, 0.25) is 0 Å². The van der Waals surface area contributed by atoms with Crippen molar-refractivity contribution in [1.29, 1.82) is 5.26 Å². The lowest BCUT2D eigenvalue weighted by Gasteiger charge is -2.06. The molecule has 3 heteroatoms. The van der Waals surface area contributed by atoms with Crippen LogP contribution in [0.5, 0.6) is 5.75 Å². The summed E-state index contributed by atoms with van der Waals surface area (Å²) in [4.78, 5) is 12.3. The first-order valence-corrected chi connectivity index (χ1v) is 6.33. The van der Waals surface area contributed by atoms with Gasteiger partial charge in [-0.3, -0.25) is 4.79 Å². The van der Waals surface area contributed by atoms with Crippen LogP contribution in [0.3, 0.4) is 0 Å². The highest BCUT2D eigenvalue weighted by atomic mass is 16.5. The zero-order chi connectivity index (χ0) is 14.5. The van der Waals surface area contributed by atoms with E-state index in [4.69, 9.17) is 10.00 Å². The number of carbonyl (C=O) groups excluding carboxylic acids is 1. The van der Waals surface area contributed by atoms with Gasteiger partial charge in [-0.25, -0.2) is 0 Å². The van der Waals surface area contributed by atoms with Gasteiger partial charge in [0.15, 0.2) is 12.4 Å². The number of ketones is 1. The smallest absolute Gasteiger partial charge is 0.193 e. The van der Waals surface area contributed by atoms with Crippen molar-refractivity contribution in [3.8, 4) is 11.8 Å². The lowest BCUT2D eigenvalue weighted by Crippen LogP contribution is -2.02. The van der Waals surface area contributed by atoms with Gasteiger partial charge in [0.25, 0.3) is 0 Å². The Kier molecular flexibility index (Phi) is 4.17. The highest BCUT2D eigenvalue weighted by Gasteiger charge is 2.09. The fraction of sp³-hybridized carbons (Fsp3) is 0.176. The first-order chi connectivity index (χ1) is 9.61. The summed E-state index contributed by atoms with van der Waals surface area (Å²) >= 11 is 0. The van der Waals surface area contributed by atoms with Gasteiger partial charge in [0.05, 0.1) is 0 Å². The Bertz CT molecular complexity index is 666. The van der Waals surface area contributed by atoms with E-state index in [2.05, 4.69) is 0 Å². The SMILES string of the molecule is Cc1ccc(C(=O)c2ccc(OCC#N)cc2)cc1C. The van der Waals surface area contributed by atoms with Gasteiger partial charge in [-0.05, 0) is 55.3 Å². The van der Waals surface area contributed by atoms with Crippen molar-refractivity contribution in [1.82, 2.24) is 0 Å². The number of hydrogen-bond acceptors (Lipinski definition) is 3. The Labute approximate surface area is 118 Å². The molecule has 0 aliphatic rings. The highest BCUT2D eigenvalue weighted by Crippen LogP contribution is 2.17. The lowest BCUT2D eigenvalue weighted by atomic mass is 9.99. The van der Waals surface area contributed by atoms with Crippen LogP contribution in [0.1, 0.15) is 27.0 Å². The molecule has 0 aliphatic carbocycles. The third-order valence-corrected chi connectivity index (χ3v) is 3.19. The summed E-state index contributed by atoms with van der Waals surface area (Å²) in [6.45, 7) is 4.01. The fourth-order valence-electron chi connectivity index (χ4n) is 1.87. The van der Waals surface area contributed by atoms with E-state index in [0.717, 1.165) is 5.56 Å². The molecule has 0 saturated carbocycles. The molecule has 0 unspecified atom stereocenters. The second-order valence-corrected chi connectivity index (χ2v) is 4.60. The minimum Gasteiger partial charge on any atom is -0.479 e. The third-order valence-electron chi connectivity index (χ3n) is 3.19. The molecule has 0 saturated heterocycles. The minimum atomic E-state index is -0.0140. The largest absolute Gasteiger partial charge is 0.479 e. The maximum atomic E-state index is 12.3. The summed E-state index contributed by atoms with van der Waals surface area (Å²) in [6.07, 6.45) is 0. The van der Waals surface area contributed by atoms with Crippen LogP contribution in [0.15, 0.2) is 42.5 Å². The van der Waals surface area contributed by atoms with E-state index in [0.29, 0.717) is 16.9 Å². The van der Waals surface area contributed by atoms with Crippen molar-refractivity contribution in [3.05, 3.63) is 64.7 Å². The maximum Gasteiger partial charge on any atom is 0.193 e. The van der Waals surface area contributed by atoms with E-state index in [-0.39, 0.29) is 12.4 Å². The number of hydrogen-bond donors (Lipinski definition) is 0. The number of ether oxygens (including phenoxy) is 1. The van der Waals surface area contributed by atoms with Crippen LogP contribution < -0.4 is 4.74 Å². The zero-order valence-electron chi connectivity index (χ0n) is 11.5. The second-order valence-electron chi connectivity index (χ2n) is 4.60. The standard InChI is InChI=1S/C17H15NO2/c1-12-3-4-15(11-13(12)2)17(19)14-5-7-16(8-6-14)20-10-9-18/h3-8,11H,10H2,1-2H3.